The predicted octanol–water partition coefficient (Wildman–Crippen LogP) is 5.67. The molecule has 0 saturated carbocycles. The third-order valence-corrected chi connectivity index (χ3v) is 13.1. The molecule has 0 spiro atoms. The molecule has 0 aliphatic carbocycles. The molecule has 2 heterocycles. The highest BCUT2D eigenvalue weighted by Crippen LogP contribution is 2.41. The summed E-state index contributed by atoms with van der Waals surface area (Å²) in [5, 5.41) is 2.24. The van der Waals surface area contributed by atoms with E-state index in [1.165, 1.54) is 10.4 Å². The number of hydrogen-bond donors (Lipinski definition) is 0. The van der Waals surface area contributed by atoms with Crippen molar-refractivity contribution in [1.29, 1.82) is 0 Å². The second kappa shape index (κ2) is 11.5. The molecule has 0 unspecified atom stereocenters. The number of benzene rings is 2. The maximum absolute atomic E-state index is 13.8. The van der Waals surface area contributed by atoms with E-state index in [9.17, 15) is 9.59 Å². The standard InChI is InChI=1S/C32H45NO5Si/c1-8-23-21-24(33(30(35)38-31(2,3)4)29(23)27-19-20-28(34)37-27)22-36-39(32(5,6)7,25-15-11-9-12-16-25)26-17-13-10-14-18-26/h9-18,23-24,27,29H,8,19-22H2,1-7H3/t23-,24+,27+,29+/m1/s1. The number of ether oxygens (including phenoxy) is 2. The van der Waals surface area contributed by atoms with Crippen molar-refractivity contribution in [2.24, 2.45) is 5.92 Å². The summed E-state index contributed by atoms with van der Waals surface area (Å²) in [6.45, 7) is 15.0. The van der Waals surface area contributed by atoms with Crippen molar-refractivity contribution >= 4 is 30.8 Å². The molecule has 0 radical (unpaired) electrons. The van der Waals surface area contributed by atoms with Crippen LogP contribution < -0.4 is 10.4 Å². The summed E-state index contributed by atoms with van der Waals surface area (Å²) in [6.07, 6.45) is 2.01. The summed E-state index contributed by atoms with van der Waals surface area (Å²) in [7, 11) is -2.79. The van der Waals surface area contributed by atoms with Crippen molar-refractivity contribution in [2.75, 3.05) is 6.61 Å². The van der Waals surface area contributed by atoms with Gasteiger partial charge in [0.05, 0.1) is 18.7 Å². The summed E-state index contributed by atoms with van der Waals surface area (Å²) in [6, 6.07) is 20.7. The normalized spacial score (nSPS) is 24.1. The van der Waals surface area contributed by atoms with Gasteiger partial charge in [0, 0.05) is 6.42 Å². The Kier molecular flexibility index (Phi) is 8.62. The molecular formula is C32H45NO5Si. The lowest BCUT2D eigenvalue weighted by Crippen LogP contribution is -2.67. The number of nitrogens with zero attached hydrogens (tertiary/aromatic N) is 1. The van der Waals surface area contributed by atoms with E-state index in [2.05, 4.69) is 76.2 Å². The van der Waals surface area contributed by atoms with Crippen molar-refractivity contribution in [3.05, 3.63) is 60.7 Å². The molecule has 1 amide bonds. The molecule has 2 saturated heterocycles. The van der Waals surface area contributed by atoms with Crippen molar-refractivity contribution in [1.82, 2.24) is 4.90 Å². The molecule has 2 aromatic carbocycles. The minimum Gasteiger partial charge on any atom is -0.460 e. The van der Waals surface area contributed by atoms with Gasteiger partial charge in [-0.05, 0) is 54.9 Å². The number of cyclic esters (lactones) is 1. The fraction of sp³-hybridized carbons (Fsp3) is 0.562. The minimum absolute atomic E-state index is 0.171. The summed E-state index contributed by atoms with van der Waals surface area (Å²) in [5.41, 5.74) is -0.637. The zero-order valence-electron chi connectivity index (χ0n) is 24.6. The Morgan fingerprint density at radius 3 is 1.97 bits per heavy atom. The number of likely N-dealkylation sites (tertiary alicyclic amines) is 1. The number of carbonyl (C=O) groups excluding carboxylic acids is 2. The lowest BCUT2D eigenvalue weighted by molar-refractivity contribution is -0.144. The molecule has 39 heavy (non-hydrogen) atoms. The number of amides is 1. The first kappa shape index (κ1) is 29.3. The molecule has 0 bridgehead atoms. The van der Waals surface area contributed by atoms with Crippen molar-refractivity contribution < 1.29 is 23.5 Å². The Labute approximate surface area is 235 Å². The minimum atomic E-state index is -2.79. The third kappa shape index (κ3) is 6.09. The number of esters is 1. The topological polar surface area (TPSA) is 65.1 Å². The lowest BCUT2D eigenvalue weighted by Gasteiger charge is -2.44. The zero-order valence-corrected chi connectivity index (χ0v) is 25.6. The highest BCUT2D eigenvalue weighted by atomic mass is 28.4. The molecular weight excluding hydrogens is 506 g/mol. The number of carbonyl (C=O) groups is 2. The predicted molar refractivity (Wildman–Crippen MR) is 157 cm³/mol. The molecule has 2 fully saturated rings. The number of hydrogen-bond acceptors (Lipinski definition) is 5. The second-order valence-electron chi connectivity index (χ2n) is 13.0. The van der Waals surface area contributed by atoms with Crippen LogP contribution in [0.25, 0.3) is 0 Å². The van der Waals surface area contributed by atoms with Gasteiger partial charge in [0.2, 0.25) is 0 Å². The Morgan fingerprint density at radius 1 is 0.974 bits per heavy atom. The van der Waals surface area contributed by atoms with Crippen molar-refractivity contribution in [3.8, 4) is 0 Å². The van der Waals surface area contributed by atoms with Crippen LogP contribution in [0.4, 0.5) is 4.79 Å². The van der Waals surface area contributed by atoms with Crippen LogP contribution >= 0.6 is 0 Å². The Morgan fingerprint density at radius 2 is 1.54 bits per heavy atom. The Bertz CT molecular complexity index is 1090. The van der Waals surface area contributed by atoms with Crippen LogP contribution in [0.3, 0.4) is 0 Å². The lowest BCUT2D eigenvalue weighted by atomic mass is 9.91. The van der Waals surface area contributed by atoms with Gasteiger partial charge in [-0.2, -0.15) is 0 Å². The second-order valence-corrected chi connectivity index (χ2v) is 17.3. The van der Waals surface area contributed by atoms with Crippen LogP contribution in [0.5, 0.6) is 0 Å². The van der Waals surface area contributed by atoms with E-state index in [1.807, 2.05) is 37.8 Å². The Balaban J connectivity index is 1.74. The van der Waals surface area contributed by atoms with Gasteiger partial charge in [0.15, 0.2) is 0 Å². The molecule has 4 rings (SSSR count). The summed E-state index contributed by atoms with van der Waals surface area (Å²) < 4.78 is 19.0. The summed E-state index contributed by atoms with van der Waals surface area (Å²) >= 11 is 0. The van der Waals surface area contributed by atoms with Crippen LogP contribution in [-0.4, -0.2) is 55.7 Å². The van der Waals surface area contributed by atoms with E-state index in [0.29, 0.717) is 19.4 Å². The molecule has 7 heteroatoms. The molecule has 2 aromatic rings. The van der Waals surface area contributed by atoms with Gasteiger partial charge in [0.1, 0.15) is 11.7 Å². The third-order valence-electron chi connectivity index (χ3n) is 8.11. The average molecular weight is 552 g/mol. The number of rotatable bonds is 7. The first-order valence-corrected chi connectivity index (χ1v) is 16.2. The van der Waals surface area contributed by atoms with E-state index in [1.54, 1.807) is 0 Å². The molecule has 0 aromatic heterocycles. The first-order valence-electron chi connectivity index (χ1n) is 14.3. The van der Waals surface area contributed by atoms with Crippen LogP contribution in [0, 0.1) is 5.92 Å². The molecule has 212 valence electrons. The molecule has 0 N–H and O–H groups in total. The van der Waals surface area contributed by atoms with Gasteiger partial charge in [-0.25, -0.2) is 4.79 Å². The average Bonchev–Trinajstić information content (AvgIpc) is 3.47. The largest absolute Gasteiger partial charge is 0.460 e. The SMILES string of the molecule is CC[C@@H]1C[C@@H](CO[Si](c2ccccc2)(c2ccccc2)C(C)(C)C)N(C(=O)OC(C)(C)C)[C@@H]1[C@@H]1CCC(=O)O1. The van der Waals surface area contributed by atoms with E-state index in [-0.39, 0.29) is 41.2 Å². The van der Waals surface area contributed by atoms with Crippen molar-refractivity contribution in [3.63, 3.8) is 0 Å². The first-order chi connectivity index (χ1) is 18.4. The van der Waals surface area contributed by atoms with Gasteiger partial charge in [0.25, 0.3) is 8.32 Å². The fourth-order valence-electron chi connectivity index (χ4n) is 6.47. The van der Waals surface area contributed by atoms with Gasteiger partial charge in [-0.1, -0.05) is 94.8 Å². The maximum atomic E-state index is 13.8. The van der Waals surface area contributed by atoms with E-state index >= 15 is 0 Å². The maximum Gasteiger partial charge on any atom is 0.411 e. The summed E-state index contributed by atoms with van der Waals surface area (Å²) in [4.78, 5) is 27.7. The Hall–Kier alpha value is -2.64. The van der Waals surface area contributed by atoms with Crippen LogP contribution in [0.15, 0.2) is 60.7 Å². The monoisotopic (exact) mass is 551 g/mol. The summed E-state index contributed by atoms with van der Waals surface area (Å²) in [5.74, 6) is 0.00664. The van der Waals surface area contributed by atoms with Crippen LogP contribution in [0.1, 0.15) is 74.1 Å². The van der Waals surface area contributed by atoms with Gasteiger partial charge in [-0.15, -0.1) is 0 Å². The van der Waals surface area contributed by atoms with Gasteiger partial charge >= 0.3 is 12.1 Å². The highest BCUT2D eigenvalue weighted by Gasteiger charge is 2.54. The zero-order chi connectivity index (χ0) is 28.4. The van der Waals surface area contributed by atoms with Crippen molar-refractivity contribution in [2.45, 2.75) is 103 Å². The molecule has 6 nitrogen and oxygen atoms in total. The highest BCUT2D eigenvalue weighted by molar-refractivity contribution is 6.99. The smallest absolute Gasteiger partial charge is 0.411 e. The van der Waals surface area contributed by atoms with E-state index < -0.39 is 13.9 Å². The van der Waals surface area contributed by atoms with E-state index in [4.69, 9.17) is 13.9 Å². The molecule has 2 aliphatic heterocycles. The van der Waals surface area contributed by atoms with E-state index in [0.717, 1.165) is 12.8 Å². The molecule has 2 aliphatic rings. The van der Waals surface area contributed by atoms with Crippen LogP contribution in [0.2, 0.25) is 5.04 Å². The fourth-order valence-corrected chi connectivity index (χ4v) is 11.1. The van der Waals surface area contributed by atoms with Gasteiger partial charge < -0.3 is 13.9 Å². The van der Waals surface area contributed by atoms with Gasteiger partial charge in [-0.3, -0.25) is 9.69 Å². The van der Waals surface area contributed by atoms with Crippen LogP contribution in [-0.2, 0) is 18.7 Å². The molecule has 4 atom stereocenters. The quantitative estimate of drug-likeness (QED) is 0.328.